The number of carbonyl (C=O) groups is 2. The number of benzene rings is 2. The molecular weight excluding hydrogens is 395 g/mol. The van der Waals surface area contributed by atoms with Crippen LogP contribution in [0.25, 0.3) is 0 Å². The lowest BCUT2D eigenvalue weighted by Gasteiger charge is -2.26. The summed E-state index contributed by atoms with van der Waals surface area (Å²) in [6.07, 6.45) is 1.39. The highest BCUT2D eigenvalue weighted by Crippen LogP contribution is 2.28. The quantitative estimate of drug-likeness (QED) is 0.575. The molecule has 0 aromatic heterocycles. The van der Waals surface area contributed by atoms with Crippen molar-refractivity contribution >= 4 is 11.9 Å². The Labute approximate surface area is 184 Å². The number of amides is 1. The van der Waals surface area contributed by atoms with E-state index in [1.165, 1.54) is 24.3 Å². The van der Waals surface area contributed by atoms with Crippen LogP contribution in [0.3, 0.4) is 0 Å². The first-order valence-electron chi connectivity index (χ1n) is 10.6. The van der Waals surface area contributed by atoms with Gasteiger partial charge in [-0.1, -0.05) is 45.0 Å². The van der Waals surface area contributed by atoms with Crippen LogP contribution < -0.4 is 11.1 Å². The first-order valence-corrected chi connectivity index (χ1v) is 10.6. The molecule has 0 aliphatic carbocycles. The molecule has 0 heterocycles. The fraction of sp³-hybridized carbons (Fsp3) is 0.440. The molecule has 3 N–H and O–H groups in total. The van der Waals surface area contributed by atoms with E-state index in [1.54, 1.807) is 26.0 Å². The molecule has 168 valence electrons. The van der Waals surface area contributed by atoms with Crippen molar-refractivity contribution in [2.45, 2.75) is 65.6 Å². The summed E-state index contributed by atoms with van der Waals surface area (Å²) >= 11 is 0. The second-order valence-corrected chi connectivity index (χ2v) is 9.27. The predicted molar refractivity (Wildman–Crippen MR) is 120 cm³/mol. The minimum absolute atomic E-state index is 0.0864. The molecule has 2 atom stereocenters. The molecule has 6 heteroatoms. The predicted octanol–water partition coefficient (Wildman–Crippen LogP) is 5.07. The Hall–Kier alpha value is -2.73. The van der Waals surface area contributed by atoms with E-state index in [9.17, 15) is 14.0 Å². The van der Waals surface area contributed by atoms with E-state index in [1.807, 2.05) is 12.1 Å². The van der Waals surface area contributed by atoms with Crippen LogP contribution in [0, 0.1) is 11.2 Å². The van der Waals surface area contributed by atoms with Crippen LogP contribution in [0.4, 0.5) is 4.39 Å². The third-order valence-electron chi connectivity index (χ3n) is 4.90. The number of hydrogen-bond acceptors (Lipinski definition) is 4. The van der Waals surface area contributed by atoms with Gasteiger partial charge in [-0.25, -0.2) is 9.18 Å². The van der Waals surface area contributed by atoms with E-state index >= 15 is 0 Å². The second kappa shape index (κ2) is 10.5. The fourth-order valence-electron chi connectivity index (χ4n) is 3.12. The van der Waals surface area contributed by atoms with E-state index in [4.69, 9.17) is 10.5 Å². The number of ether oxygens (including phenoxy) is 1. The Kier molecular flexibility index (Phi) is 8.34. The van der Waals surface area contributed by atoms with Gasteiger partial charge in [-0.05, 0) is 67.5 Å². The zero-order chi connectivity index (χ0) is 23.2. The van der Waals surface area contributed by atoms with Crippen molar-refractivity contribution in [2.24, 2.45) is 11.1 Å². The summed E-state index contributed by atoms with van der Waals surface area (Å²) in [6.45, 7) is 10.0. The van der Waals surface area contributed by atoms with Gasteiger partial charge in [0, 0.05) is 0 Å². The van der Waals surface area contributed by atoms with Crippen LogP contribution in [-0.4, -0.2) is 18.0 Å². The third kappa shape index (κ3) is 7.79. The van der Waals surface area contributed by atoms with Crippen molar-refractivity contribution in [3.8, 4) is 0 Å². The molecule has 2 rings (SSSR count). The number of nitrogens with two attached hydrogens (primary N) is 1. The number of esters is 1. The van der Waals surface area contributed by atoms with Crippen molar-refractivity contribution in [1.82, 2.24) is 5.32 Å². The van der Waals surface area contributed by atoms with Gasteiger partial charge in [-0.3, -0.25) is 4.79 Å². The minimum atomic E-state index is -0.905. The monoisotopic (exact) mass is 428 g/mol. The summed E-state index contributed by atoms with van der Waals surface area (Å²) in [7, 11) is 0. The van der Waals surface area contributed by atoms with Crippen LogP contribution in [0.5, 0.6) is 0 Å². The summed E-state index contributed by atoms with van der Waals surface area (Å²) in [5.74, 6) is -1.10. The SMILES string of the molecule is CC(C)OC(=O)c1ccc([C@@H](CCC(C)(C)C)NC(=O)C(N)c2ccc(F)cc2)cc1. The summed E-state index contributed by atoms with van der Waals surface area (Å²) in [5, 5.41) is 3.03. The molecule has 31 heavy (non-hydrogen) atoms. The van der Waals surface area contributed by atoms with Gasteiger partial charge in [0.1, 0.15) is 11.9 Å². The molecule has 0 radical (unpaired) electrons. The average molecular weight is 429 g/mol. The summed E-state index contributed by atoms with van der Waals surface area (Å²) in [4.78, 5) is 24.9. The third-order valence-corrected chi connectivity index (χ3v) is 4.90. The van der Waals surface area contributed by atoms with Gasteiger partial charge < -0.3 is 15.8 Å². The van der Waals surface area contributed by atoms with Crippen LogP contribution in [0.2, 0.25) is 0 Å². The Morgan fingerprint density at radius 3 is 2.06 bits per heavy atom. The number of halogens is 1. The van der Waals surface area contributed by atoms with Gasteiger partial charge in [0.2, 0.25) is 5.91 Å². The zero-order valence-electron chi connectivity index (χ0n) is 18.9. The molecule has 0 fully saturated rings. The Balaban J connectivity index is 2.19. The maximum atomic E-state index is 13.2. The van der Waals surface area contributed by atoms with Crippen LogP contribution >= 0.6 is 0 Å². The van der Waals surface area contributed by atoms with E-state index < -0.39 is 6.04 Å². The molecule has 2 aromatic rings. The highest BCUT2D eigenvalue weighted by atomic mass is 19.1. The molecule has 5 nitrogen and oxygen atoms in total. The minimum Gasteiger partial charge on any atom is -0.459 e. The normalized spacial score (nSPS) is 13.5. The summed E-state index contributed by atoms with van der Waals surface area (Å²) in [6, 6.07) is 11.5. The van der Waals surface area contributed by atoms with Crippen molar-refractivity contribution in [3.05, 3.63) is 71.0 Å². The highest BCUT2D eigenvalue weighted by molar-refractivity contribution is 5.89. The molecule has 1 amide bonds. The van der Waals surface area contributed by atoms with Gasteiger partial charge >= 0.3 is 5.97 Å². The Morgan fingerprint density at radius 2 is 1.55 bits per heavy atom. The van der Waals surface area contributed by atoms with Crippen molar-refractivity contribution in [1.29, 1.82) is 0 Å². The van der Waals surface area contributed by atoms with E-state index in [0.29, 0.717) is 17.5 Å². The molecule has 2 aromatic carbocycles. The van der Waals surface area contributed by atoms with Gasteiger partial charge in [0.05, 0.1) is 17.7 Å². The lowest BCUT2D eigenvalue weighted by atomic mass is 9.87. The van der Waals surface area contributed by atoms with Gasteiger partial charge in [0.25, 0.3) is 0 Å². The summed E-state index contributed by atoms with van der Waals surface area (Å²) in [5.41, 5.74) is 8.08. The van der Waals surface area contributed by atoms with Crippen LogP contribution in [0.15, 0.2) is 48.5 Å². The molecule has 0 saturated carbocycles. The largest absolute Gasteiger partial charge is 0.459 e. The number of rotatable bonds is 8. The van der Waals surface area contributed by atoms with E-state index in [0.717, 1.165) is 12.0 Å². The maximum Gasteiger partial charge on any atom is 0.338 e. The fourth-order valence-corrected chi connectivity index (χ4v) is 3.12. The Bertz CT molecular complexity index is 871. The van der Waals surface area contributed by atoms with Crippen molar-refractivity contribution < 1.29 is 18.7 Å². The lowest BCUT2D eigenvalue weighted by Crippen LogP contribution is -2.37. The van der Waals surface area contributed by atoms with Gasteiger partial charge in [0.15, 0.2) is 0 Å². The number of carbonyl (C=O) groups excluding carboxylic acids is 2. The highest BCUT2D eigenvalue weighted by Gasteiger charge is 2.23. The first kappa shape index (κ1) is 24.5. The molecule has 0 aliphatic rings. The zero-order valence-corrected chi connectivity index (χ0v) is 18.9. The molecule has 0 saturated heterocycles. The second-order valence-electron chi connectivity index (χ2n) is 9.27. The number of hydrogen-bond donors (Lipinski definition) is 2. The topological polar surface area (TPSA) is 81.4 Å². The maximum absolute atomic E-state index is 13.2. The van der Waals surface area contributed by atoms with Crippen molar-refractivity contribution in [2.75, 3.05) is 0 Å². The number of nitrogens with one attached hydrogen (secondary N) is 1. The molecular formula is C25H33FN2O3. The smallest absolute Gasteiger partial charge is 0.338 e. The van der Waals surface area contributed by atoms with E-state index in [-0.39, 0.29) is 35.3 Å². The molecule has 0 spiro atoms. The summed E-state index contributed by atoms with van der Waals surface area (Å²) < 4.78 is 18.4. The van der Waals surface area contributed by atoms with Crippen LogP contribution in [0.1, 0.15) is 81.0 Å². The molecule has 0 aliphatic heterocycles. The van der Waals surface area contributed by atoms with Crippen LogP contribution in [-0.2, 0) is 9.53 Å². The van der Waals surface area contributed by atoms with E-state index in [2.05, 4.69) is 26.1 Å². The Morgan fingerprint density at radius 1 is 1.00 bits per heavy atom. The van der Waals surface area contributed by atoms with Gasteiger partial charge in [-0.15, -0.1) is 0 Å². The van der Waals surface area contributed by atoms with Crippen molar-refractivity contribution in [3.63, 3.8) is 0 Å². The standard InChI is InChI=1S/C25H33FN2O3/c1-16(2)31-24(30)19-8-6-17(7-9-19)21(14-15-25(3,4)5)28-23(29)22(27)18-10-12-20(26)13-11-18/h6-13,16,21-22H,14-15,27H2,1-5H3,(H,28,29)/t21-,22?/m1/s1. The average Bonchev–Trinajstić information content (AvgIpc) is 2.70. The van der Waals surface area contributed by atoms with Gasteiger partial charge in [-0.2, -0.15) is 0 Å². The lowest BCUT2D eigenvalue weighted by molar-refractivity contribution is -0.123. The first-order chi connectivity index (χ1) is 14.5. The molecule has 0 bridgehead atoms. The molecule has 1 unspecified atom stereocenters.